The van der Waals surface area contributed by atoms with E-state index in [9.17, 15) is 22.1 Å². The Hall–Kier alpha value is -1.83. The minimum atomic E-state index is -4.42. The standard InChI is InChI=1S/C22H11Br2F4N2O3PS2/c23-17-9-19-11(5-13(35-19)1-3-29)7-15(17)21(25,26)32-34(31)33-22(27,28)16-8-12-6-14(2-4-30)36-20(12)10-18(16)24/h5-10,34H,1-2H2. The van der Waals surface area contributed by atoms with E-state index in [-0.39, 0.29) is 21.8 Å². The Morgan fingerprint density at radius 3 is 1.53 bits per heavy atom. The third kappa shape index (κ3) is 5.68. The number of fused-ring (bicyclic) bond motifs is 2. The lowest BCUT2D eigenvalue weighted by Crippen LogP contribution is -2.19. The average Bonchev–Trinajstić information content (AvgIpc) is 3.34. The number of benzene rings is 2. The number of nitrogens with zero attached hydrogens (tertiary/aromatic N) is 2. The molecule has 0 saturated carbocycles. The van der Waals surface area contributed by atoms with Crippen LogP contribution >= 0.6 is 62.8 Å². The van der Waals surface area contributed by atoms with Gasteiger partial charge in [-0.2, -0.15) is 28.1 Å². The quantitative estimate of drug-likeness (QED) is 0.137. The van der Waals surface area contributed by atoms with E-state index in [0.29, 0.717) is 29.9 Å². The lowest BCUT2D eigenvalue weighted by atomic mass is 10.1. The Morgan fingerprint density at radius 1 is 0.778 bits per heavy atom. The second kappa shape index (κ2) is 10.5. The van der Waals surface area contributed by atoms with Crippen molar-refractivity contribution in [2.24, 2.45) is 0 Å². The summed E-state index contributed by atoms with van der Waals surface area (Å²) in [5, 5.41) is 18.5. The molecule has 5 nitrogen and oxygen atoms in total. The van der Waals surface area contributed by atoms with E-state index in [1.54, 1.807) is 12.1 Å². The normalized spacial score (nSPS) is 12.4. The molecule has 2 aromatic carbocycles. The smallest absolute Gasteiger partial charge is 0.263 e. The van der Waals surface area contributed by atoms with Gasteiger partial charge in [0.2, 0.25) is 0 Å². The van der Waals surface area contributed by atoms with Gasteiger partial charge >= 0.3 is 20.5 Å². The van der Waals surface area contributed by atoms with E-state index < -0.39 is 31.6 Å². The van der Waals surface area contributed by atoms with Gasteiger partial charge in [-0.1, -0.05) is 31.9 Å². The van der Waals surface area contributed by atoms with Crippen molar-refractivity contribution in [3.63, 3.8) is 0 Å². The van der Waals surface area contributed by atoms with Crippen LogP contribution in [-0.4, -0.2) is 0 Å². The van der Waals surface area contributed by atoms with Gasteiger partial charge < -0.3 is 0 Å². The summed E-state index contributed by atoms with van der Waals surface area (Å²) < 4.78 is 81.1. The molecule has 0 amide bonds. The minimum absolute atomic E-state index is 0.0919. The van der Waals surface area contributed by atoms with Crippen molar-refractivity contribution in [3.05, 3.63) is 66.2 Å². The van der Waals surface area contributed by atoms with Crippen molar-refractivity contribution in [1.29, 1.82) is 10.5 Å². The number of alkyl halides is 4. The fourth-order valence-electron chi connectivity index (χ4n) is 3.35. The van der Waals surface area contributed by atoms with Gasteiger partial charge in [0.05, 0.1) is 36.1 Å². The van der Waals surface area contributed by atoms with E-state index in [1.165, 1.54) is 34.8 Å². The highest BCUT2D eigenvalue weighted by molar-refractivity contribution is 9.10. The zero-order valence-electron chi connectivity index (χ0n) is 17.6. The topological polar surface area (TPSA) is 83.1 Å². The second-order valence-corrected chi connectivity index (χ2v) is 12.3. The van der Waals surface area contributed by atoms with E-state index in [1.807, 2.05) is 12.1 Å². The van der Waals surface area contributed by atoms with E-state index in [0.717, 1.165) is 12.1 Å². The fraction of sp³-hybridized carbons (Fsp3) is 0.182. The highest BCUT2D eigenvalue weighted by Gasteiger charge is 2.43. The molecule has 186 valence electrons. The molecule has 0 fully saturated rings. The monoisotopic (exact) mass is 680 g/mol. The first kappa shape index (κ1) is 27.2. The molecule has 0 aliphatic carbocycles. The molecular formula is C22H11Br2F4N2O3PS2. The van der Waals surface area contributed by atoms with Gasteiger partial charge in [0.15, 0.2) is 0 Å². The van der Waals surface area contributed by atoms with E-state index >= 15 is 0 Å². The van der Waals surface area contributed by atoms with Crippen LogP contribution < -0.4 is 0 Å². The first-order chi connectivity index (χ1) is 16.9. The molecule has 0 N–H and O–H groups in total. The first-order valence-electron chi connectivity index (χ1n) is 9.80. The molecule has 4 aromatic rings. The molecule has 14 heteroatoms. The maximum absolute atomic E-state index is 14.9. The van der Waals surface area contributed by atoms with Crippen molar-refractivity contribution in [2.45, 2.75) is 25.1 Å². The van der Waals surface area contributed by atoms with Gasteiger partial charge in [0.1, 0.15) is 0 Å². The molecule has 0 unspecified atom stereocenters. The molecule has 0 aliphatic heterocycles. The second-order valence-electron chi connectivity index (χ2n) is 7.32. The molecule has 2 aromatic heterocycles. The summed E-state index contributed by atoms with van der Waals surface area (Å²) in [5.41, 5.74) is -1.46. The molecule has 2 heterocycles. The molecule has 0 spiro atoms. The number of halogens is 6. The van der Waals surface area contributed by atoms with Crippen LogP contribution in [0.15, 0.2) is 45.3 Å². The SMILES string of the molecule is N#CCc1cc2cc(C(F)(F)O[PH](=O)OC(F)(F)c3cc4cc(CC#N)sc4cc3Br)c(Br)cc2s1. The summed E-state index contributed by atoms with van der Waals surface area (Å²) in [7, 11) is -4.42. The zero-order chi connectivity index (χ0) is 26.3. The largest absolute Gasteiger partial charge is 0.390 e. The van der Waals surface area contributed by atoms with E-state index in [2.05, 4.69) is 40.9 Å². The Labute approximate surface area is 227 Å². The van der Waals surface area contributed by atoms with Gasteiger partial charge in [-0.15, -0.1) is 22.7 Å². The van der Waals surface area contributed by atoms with Crippen molar-refractivity contribution in [1.82, 2.24) is 0 Å². The van der Waals surface area contributed by atoms with Crippen LogP contribution in [0.1, 0.15) is 20.9 Å². The minimum Gasteiger partial charge on any atom is -0.263 e. The van der Waals surface area contributed by atoms with Gasteiger partial charge in [0, 0.05) is 28.1 Å². The highest BCUT2D eigenvalue weighted by Crippen LogP contribution is 2.50. The molecule has 0 bridgehead atoms. The third-order valence-corrected chi connectivity index (χ3v) is 9.22. The van der Waals surface area contributed by atoms with Gasteiger partial charge in [-0.3, -0.25) is 4.57 Å². The maximum atomic E-state index is 14.9. The Morgan fingerprint density at radius 2 is 1.17 bits per heavy atom. The predicted octanol–water partition coefficient (Wildman–Crippen LogP) is 8.99. The third-order valence-electron chi connectivity index (χ3n) is 4.87. The first-order valence-corrected chi connectivity index (χ1v) is 14.2. The summed E-state index contributed by atoms with van der Waals surface area (Å²) >= 11 is 8.51. The highest BCUT2D eigenvalue weighted by atomic mass is 79.9. The number of thiophene rings is 2. The Bertz CT molecular complexity index is 1480. The molecule has 0 radical (unpaired) electrons. The van der Waals surface area contributed by atoms with Crippen LogP contribution in [0, 0.1) is 22.7 Å². The lowest BCUT2D eigenvalue weighted by molar-refractivity contribution is -0.220. The van der Waals surface area contributed by atoms with Crippen LogP contribution in [0.2, 0.25) is 0 Å². The van der Waals surface area contributed by atoms with Crippen LogP contribution in [0.5, 0.6) is 0 Å². The van der Waals surface area contributed by atoms with Crippen molar-refractivity contribution >= 4 is 83.0 Å². The molecule has 0 atom stereocenters. The average molecular weight is 682 g/mol. The lowest BCUT2D eigenvalue weighted by Gasteiger charge is -2.22. The summed E-state index contributed by atoms with van der Waals surface area (Å²) in [6.45, 7) is 0. The van der Waals surface area contributed by atoms with Gasteiger partial charge in [-0.05, 0) is 47.2 Å². The summed E-state index contributed by atoms with van der Waals surface area (Å²) in [4.78, 5) is 1.32. The molecule has 4 rings (SSSR count). The summed E-state index contributed by atoms with van der Waals surface area (Å²) in [5.74, 6) is 0. The number of hydrogen-bond donors (Lipinski definition) is 0. The van der Waals surface area contributed by atoms with Crippen molar-refractivity contribution in [2.75, 3.05) is 0 Å². The van der Waals surface area contributed by atoms with Crippen LogP contribution in [0.3, 0.4) is 0 Å². The maximum Gasteiger partial charge on any atom is 0.390 e. The fourth-order valence-corrected chi connectivity index (χ4v) is 7.52. The Balaban J connectivity index is 1.57. The van der Waals surface area contributed by atoms with Crippen LogP contribution in [0.25, 0.3) is 20.2 Å². The van der Waals surface area contributed by atoms with Crippen LogP contribution in [-0.2, 0) is 38.7 Å². The van der Waals surface area contributed by atoms with E-state index in [4.69, 9.17) is 10.5 Å². The summed E-state index contributed by atoms with van der Waals surface area (Å²) in [6.07, 6.45) is -8.25. The molecule has 0 saturated heterocycles. The summed E-state index contributed by atoms with van der Waals surface area (Å²) in [6, 6.07) is 12.0. The number of rotatable bonds is 8. The molecular weight excluding hydrogens is 671 g/mol. The molecule has 36 heavy (non-hydrogen) atoms. The Kier molecular flexibility index (Phi) is 7.94. The van der Waals surface area contributed by atoms with Gasteiger partial charge in [0.25, 0.3) is 0 Å². The van der Waals surface area contributed by atoms with Crippen molar-refractivity contribution < 1.29 is 31.2 Å². The number of nitriles is 2. The predicted molar refractivity (Wildman–Crippen MR) is 137 cm³/mol. The zero-order valence-corrected chi connectivity index (χ0v) is 23.4. The van der Waals surface area contributed by atoms with Crippen LogP contribution in [0.4, 0.5) is 17.6 Å². The number of hydrogen-bond acceptors (Lipinski definition) is 7. The van der Waals surface area contributed by atoms with Crippen molar-refractivity contribution in [3.8, 4) is 12.1 Å². The molecule has 0 aliphatic rings. The van der Waals surface area contributed by atoms with Gasteiger partial charge in [-0.25, -0.2) is 9.05 Å².